The van der Waals surface area contributed by atoms with Crippen LogP contribution in [0.25, 0.3) is 27.2 Å². The summed E-state index contributed by atoms with van der Waals surface area (Å²) in [4.78, 5) is 20.7. The van der Waals surface area contributed by atoms with E-state index in [1.54, 1.807) is 36.9 Å². The standard InChI is InChI=1S/C23H20N4O2/c1-5-18-21(25-3)19(22(27(18)4)23(28)29-6-2)15-9-11-16(12-10-15)20-17(14-24)8-7-13-26-20/h7-13H,5-6H2,1-2,4H3. The van der Waals surface area contributed by atoms with Crippen LogP contribution >= 0.6 is 0 Å². The van der Waals surface area contributed by atoms with Crippen molar-refractivity contribution in [1.82, 2.24) is 9.55 Å². The van der Waals surface area contributed by atoms with Gasteiger partial charge in [0.05, 0.1) is 24.4 Å². The van der Waals surface area contributed by atoms with E-state index in [-0.39, 0.29) is 6.61 Å². The molecule has 3 aromatic rings. The number of pyridine rings is 1. The smallest absolute Gasteiger partial charge is 0.354 e. The number of hydrogen-bond acceptors (Lipinski definition) is 4. The number of carbonyl (C=O) groups is 1. The lowest BCUT2D eigenvalue weighted by molar-refractivity contribution is 0.0516. The zero-order chi connectivity index (χ0) is 21.0. The SMILES string of the molecule is [C-]#[N+]c1c(-c2ccc(-c3ncccc3C#N)cc2)c(C(=O)OCC)n(C)c1CC. The van der Waals surface area contributed by atoms with Crippen LogP contribution in [-0.2, 0) is 18.2 Å². The zero-order valence-corrected chi connectivity index (χ0v) is 16.6. The van der Waals surface area contributed by atoms with Gasteiger partial charge in [0.25, 0.3) is 0 Å². The van der Waals surface area contributed by atoms with Gasteiger partial charge in [-0.05, 0) is 31.0 Å². The number of nitriles is 1. The molecule has 0 aliphatic carbocycles. The number of carbonyl (C=O) groups excluding carboxylic acids is 1. The molecule has 0 unspecified atom stereocenters. The maximum Gasteiger partial charge on any atom is 0.354 e. The van der Waals surface area contributed by atoms with E-state index in [1.807, 2.05) is 31.2 Å². The maximum atomic E-state index is 12.6. The third-order valence-corrected chi connectivity index (χ3v) is 4.78. The molecule has 2 aromatic heterocycles. The van der Waals surface area contributed by atoms with Gasteiger partial charge in [-0.15, -0.1) is 0 Å². The normalized spacial score (nSPS) is 10.2. The second-order valence-electron chi connectivity index (χ2n) is 6.35. The molecule has 0 atom stereocenters. The van der Waals surface area contributed by atoms with Gasteiger partial charge in [-0.3, -0.25) is 4.98 Å². The average Bonchev–Trinajstić information content (AvgIpc) is 3.05. The highest BCUT2D eigenvalue weighted by Gasteiger charge is 2.26. The third-order valence-electron chi connectivity index (χ3n) is 4.78. The second-order valence-corrected chi connectivity index (χ2v) is 6.35. The molecule has 6 heteroatoms. The first-order chi connectivity index (χ1) is 14.1. The lowest BCUT2D eigenvalue weighted by Gasteiger charge is -2.09. The minimum absolute atomic E-state index is 0.258. The number of rotatable bonds is 5. The molecule has 3 rings (SSSR count). The molecular formula is C23H20N4O2. The van der Waals surface area contributed by atoms with Crippen molar-refractivity contribution in [1.29, 1.82) is 5.26 Å². The Labute approximate surface area is 169 Å². The Kier molecular flexibility index (Phi) is 5.76. The molecule has 0 N–H and O–H groups in total. The van der Waals surface area contributed by atoms with Gasteiger partial charge in [-0.25, -0.2) is 9.64 Å². The van der Waals surface area contributed by atoms with Crippen molar-refractivity contribution in [3.63, 3.8) is 0 Å². The highest BCUT2D eigenvalue weighted by Crippen LogP contribution is 2.40. The summed E-state index contributed by atoms with van der Waals surface area (Å²) in [6.45, 7) is 11.6. The van der Waals surface area contributed by atoms with Crippen LogP contribution in [0.2, 0.25) is 0 Å². The lowest BCUT2D eigenvalue weighted by atomic mass is 9.99. The monoisotopic (exact) mass is 384 g/mol. The summed E-state index contributed by atoms with van der Waals surface area (Å²) in [6.07, 6.45) is 2.27. The molecule has 0 aliphatic heterocycles. The molecule has 29 heavy (non-hydrogen) atoms. The highest BCUT2D eigenvalue weighted by atomic mass is 16.5. The van der Waals surface area contributed by atoms with Gasteiger partial charge in [0, 0.05) is 30.1 Å². The summed E-state index contributed by atoms with van der Waals surface area (Å²) in [5.74, 6) is -0.449. The predicted molar refractivity (Wildman–Crippen MR) is 110 cm³/mol. The molecule has 0 amide bonds. The number of aromatic nitrogens is 2. The fourth-order valence-electron chi connectivity index (χ4n) is 3.48. The molecule has 0 fully saturated rings. The van der Waals surface area contributed by atoms with E-state index >= 15 is 0 Å². The van der Waals surface area contributed by atoms with E-state index in [9.17, 15) is 10.1 Å². The summed E-state index contributed by atoms with van der Waals surface area (Å²) >= 11 is 0. The van der Waals surface area contributed by atoms with Crippen LogP contribution in [0.15, 0.2) is 42.6 Å². The number of hydrogen-bond donors (Lipinski definition) is 0. The molecule has 0 bridgehead atoms. The molecule has 1 aromatic carbocycles. The Hall–Kier alpha value is -3.90. The summed E-state index contributed by atoms with van der Waals surface area (Å²) < 4.78 is 6.99. The van der Waals surface area contributed by atoms with Crippen molar-refractivity contribution in [3.8, 4) is 28.5 Å². The maximum absolute atomic E-state index is 12.6. The topological polar surface area (TPSA) is 72.3 Å². The molecule has 2 heterocycles. The van der Waals surface area contributed by atoms with Crippen LogP contribution < -0.4 is 0 Å². The summed E-state index contributed by atoms with van der Waals surface area (Å²) in [6, 6.07) is 13.0. The Morgan fingerprint density at radius 2 is 1.93 bits per heavy atom. The molecule has 144 valence electrons. The molecule has 0 saturated heterocycles. The first-order valence-electron chi connectivity index (χ1n) is 9.29. The van der Waals surface area contributed by atoms with E-state index in [0.717, 1.165) is 16.8 Å². The van der Waals surface area contributed by atoms with Crippen molar-refractivity contribution in [2.75, 3.05) is 6.61 Å². The van der Waals surface area contributed by atoms with Crippen molar-refractivity contribution < 1.29 is 9.53 Å². The van der Waals surface area contributed by atoms with Crippen LogP contribution in [0.3, 0.4) is 0 Å². The summed E-state index contributed by atoms with van der Waals surface area (Å²) in [7, 11) is 1.78. The van der Waals surface area contributed by atoms with E-state index in [1.165, 1.54) is 0 Å². The quantitative estimate of drug-likeness (QED) is 0.462. The minimum Gasteiger partial charge on any atom is -0.461 e. The van der Waals surface area contributed by atoms with Gasteiger partial charge in [0.1, 0.15) is 11.8 Å². The molecule has 0 radical (unpaired) electrons. The number of nitrogens with zero attached hydrogens (tertiary/aromatic N) is 4. The van der Waals surface area contributed by atoms with Crippen LogP contribution in [0, 0.1) is 17.9 Å². The summed E-state index contributed by atoms with van der Waals surface area (Å²) in [5.41, 5.74) is 4.82. The first-order valence-corrected chi connectivity index (χ1v) is 9.29. The van der Waals surface area contributed by atoms with Gasteiger partial charge in [-0.1, -0.05) is 31.2 Å². The highest BCUT2D eigenvalue weighted by molar-refractivity contribution is 6.01. The van der Waals surface area contributed by atoms with E-state index in [4.69, 9.17) is 11.3 Å². The Bertz CT molecular complexity index is 1150. The molecule has 0 saturated carbocycles. The number of benzene rings is 1. The van der Waals surface area contributed by atoms with Crippen LogP contribution in [0.4, 0.5) is 5.69 Å². The van der Waals surface area contributed by atoms with Gasteiger partial charge in [0.2, 0.25) is 5.69 Å². The van der Waals surface area contributed by atoms with Crippen LogP contribution in [-0.4, -0.2) is 22.1 Å². The van der Waals surface area contributed by atoms with E-state index in [2.05, 4.69) is 15.9 Å². The van der Waals surface area contributed by atoms with Crippen molar-refractivity contribution >= 4 is 11.7 Å². The second kappa shape index (κ2) is 8.41. The first kappa shape index (κ1) is 19.9. The van der Waals surface area contributed by atoms with E-state index in [0.29, 0.717) is 34.6 Å². The Balaban J connectivity index is 2.17. The Morgan fingerprint density at radius 1 is 1.24 bits per heavy atom. The lowest BCUT2D eigenvalue weighted by Crippen LogP contribution is -2.12. The van der Waals surface area contributed by atoms with Gasteiger partial charge in [0.15, 0.2) is 0 Å². The molecule has 6 nitrogen and oxygen atoms in total. The van der Waals surface area contributed by atoms with Crippen LogP contribution in [0.5, 0.6) is 0 Å². The molecule has 0 aliphatic rings. The minimum atomic E-state index is -0.449. The number of ether oxygens (including phenoxy) is 1. The average molecular weight is 384 g/mol. The van der Waals surface area contributed by atoms with E-state index < -0.39 is 5.97 Å². The van der Waals surface area contributed by atoms with Crippen molar-refractivity contribution in [2.24, 2.45) is 7.05 Å². The van der Waals surface area contributed by atoms with Gasteiger partial charge >= 0.3 is 5.97 Å². The van der Waals surface area contributed by atoms with Gasteiger partial charge < -0.3 is 9.30 Å². The van der Waals surface area contributed by atoms with Gasteiger partial charge in [-0.2, -0.15) is 5.26 Å². The predicted octanol–water partition coefficient (Wildman–Crippen LogP) is 4.92. The zero-order valence-electron chi connectivity index (χ0n) is 16.6. The molecular weight excluding hydrogens is 364 g/mol. The Morgan fingerprint density at radius 3 is 2.52 bits per heavy atom. The van der Waals surface area contributed by atoms with Crippen molar-refractivity contribution in [2.45, 2.75) is 20.3 Å². The largest absolute Gasteiger partial charge is 0.461 e. The fourth-order valence-corrected chi connectivity index (χ4v) is 3.48. The fraction of sp³-hybridized carbons (Fsp3) is 0.217. The summed E-state index contributed by atoms with van der Waals surface area (Å²) in [5, 5.41) is 9.31. The van der Waals surface area contributed by atoms with Crippen molar-refractivity contribution in [3.05, 3.63) is 71.0 Å². The molecule has 0 spiro atoms. The van der Waals surface area contributed by atoms with Crippen LogP contribution in [0.1, 0.15) is 35.6 Å². The third kappa shape index (κ3) is 3.49. The number of esters is 1.